The average Bonchev–Trinajstić information content (AvgIpc) is 2.57. The smallest absolute Gasteiger partial charge is 0.325 e. The Morgan fingerprint density at radius 2 is 1.81 bits per heavy atom. The molecule has 0 saturated heterocycles. The number of urea groups is 1. The highest BCUT2D eigenvalue weighted by atomic mass is 19.1. The van der Waals surface area contributed by atoms with E-state index in [0.717, 1.165) is 12.1 Å². The van der Waals surface area contributed by atoms with Crippen molar-refractivity contribution in [2.75, 3.05) is 26.0 Å². The number of methoxy groups -OCH3 is 1. The number of nitrogens with zero attached hydrogens (tertiary/aromatic N) is 1. The predicted molar refractivity (Wildman–Crippen MR) is 92.8 cm³/mol. The first-order valence-corrected chi connectivity index (χ1v) is 7.74. The summed E-state index contributed by atoms with van der Waals surface area (Å²) < 4.78 is 31.5. The van der Waals surface area contributed by atoms with Gasteiger partial charge in [-0.25, -0.2) is 13.6 Å². The predicted octanol–water partition coefficient (Wildman–Crippen LogP) is 2.75. The van der Waals surface area contributed by atoms with Gasteiger partial charge in [-0.2, -0.15) is 0 Å². The third-order valence-corrected chi connectivity index (χ3v) is 3.47. The molecule has 0 fully saturated rings. The Balaban J connectivity index is 1.81. The van der Waals surface area contributed by atoms with Crippen molar-refractivity contribution in [2.24, 2.45) is 0 Å². The monoisotopic (exact) mass is 363 g/mol. The topological polar surface area (TPSA) is 70.7 Å². The molecule has 0 bridgehead atoms. The fraction of sp³-hybridized carbons (Fsp3) is 0.222. The summed E-state index contributed by atoms with van der Waals surface area (Å²) in [4.78, 5) is 25.2. The van der Waals surface area contributed by atoms with Crippen LogP contribution in [-0.2, 0) is 11.3 Å². The SMILES string of the molecule is COc1ccc(NC(=O)NC(=O)CN(C)Cc2ccc(F)cc2F)cc1. The van der Waals surface area contributed by atoms with E-state index in [0.29, 0.717) is 11.4 Å². The maximum atomic E-state index is 13.6. The normalized spacial score (nSPS) is 10.5. The van der Waals surface area contributed by atoms with Crippen molar-refractivity contribution in [3.63, 3.8) is 0 Å². The van der Waals surface area contributed by atoms with Crippen LogP contribution in [0.4, 0.5) is 19.3 Å². The zero-order valence-corrected chi connectivity index (χ0v) is 14.4. The summed E-state index contributed by atoms with van der Waals surface area (Å²) in [6.07, 6.45) is 0. The molecule has 0 heterocycles. The van der Waals surface area contributed by atoms with E-state index >= 15 is 0 Å². The molecular weight excluding hydrogens is 344 g/mol. The quantitative estimate of drug-likeness (QED) is 0.828. The molecule has 0 aliphatic heterocycles. The standard InChI is InChI=1S/C18H19F2N3O3/c1-23(10-12-3-4-13(19)9-16(12)20)11-17(24)22-18(25)21-14-5-7-15(26-2)8-6-14/h3-9H,10-11H2,1-2H3,(H2,21,22,24,25). The van der Waals surface area contributed by atoms with Crippen molar-refractivity contribution in [1.29, 1.82) is 0 Å². The van der Waals surface area contributed by atoms with Gasteiger partial charge in [0.2, 0.25) is 5.91 Å². The van der Waals surface area contributed by atoms with E-state index in [-0.39, 0.29) is 18.7 Å². The minimum Gasteiger partial charge on any atom is -0.497 e. The lowest BCUT2D eigenvalue weighted by Crippen LogP contribution is -2.40. The molecule has 3 amide bonds. The maximum absolute atomic E-state index is 13.6. The van der Waals surface area contributed by atoms with Gasteiger partial charge >= 0.3 is 6.03 Å². The number of likely N-dealkylation sites (N-methyl/N-ethyl adjacent to an activating group) is 1. The molecule has 2 rings (SSSR count). The van der Waals surface area contributed by atoms with Crippen LogP contribution in [0.2, 0.25) is 0 Å². The molecule has 0 aliphatic rings. The van der Waals surface area contributed by atoms with Gasteiger partial charge in [-0.05, 0) is 37.4 Å². The van der Waals surface area contributed by atoms with Crippen LogP contribution >= 0.6 is 0 Å². The summed E-state index contributed by atoms with van der Waals surface area (Å²) in [5.41, 5.74) is 0.752. The zero-order valence-electron chi connectivity index (χ0n) is 14.4. The van der Waals surface area contributed by atoms with Gasteiger partial charge in [0.05, 0.1) is 13.7 Å². The lowest BCUT2D eigenvalue weighted by Gasteiger charge is -2.16. The van der Waals surface area contributed by atoms with Gasteiger partial charge < -0.3 is 10.1 Å². The Morgan fingerprint density at radius 1 is 1.12 bits per heavy atom. The minimum atomic E-state index is -0.686. The van der Waals surface area contributed by atoms with Crippen LogP contribution in [0.25, 0.3) is 0 Å². The lowest BCUT2D eigenvalue weighted by molar-refractivity contribution is -0.120. The first kappa shape index (κ1) is 19.3. The highest BCUT2D eigenvalue weighted by Crippen LogP contribution is 2.15. The van der Waals surface area contributed by atoms with Crippen molar-refractivity contribution in [1.82, 2.24) is 10.2 Å². The Hall–Kier alpha value is -3.00. The molecule has 0 atom stereocenters. The van der Waals surface area contributed by atoms with Gasteiger partial charge in [-0.3, -0.25) is 15.0 Å². The highest BCUT2D eigenvalue weighted by Gasteiger charge is 2.13. The van der Waals surface area contributed by atoms with Gasteiger partial charge in [0.25, 0.3) is 0 Å². The van der Waals surface area contributed by atoms with Crippen LogP contribution < -0.4 is 15.4 Å². The van der Waals surface area contributed by atoms with Crippen molar-refractivity contribution in [2.45, 2.75) is 6.54 Å². The van der Waals surface area contributed by atoms with E-state index in [9.17, 15) is 18.4 Å². The molecule has 0 unspecified atom stereocenters. The molecule has 0 aliphatic carbocycles. The second-order valence-corrected chi connectivity index (χ2v) is 5.64. The van der Waals surface area contributed by atoms with Crippen molar-refractivity contribution in [3.05, 3.63) is 59.7 Å². The van der Waals surface area contributed by atoms with Crippen molar-refractivity contribution < 1.29 is 23.1 Å². The van der Waals surface area contributed by atoms with Crippen molar-refractivity contribution in [3.8, 4) is 5.75 Å². The van der Waals surface area contributed by atoms with Crippen molar-refractivity contribution >= 4 is 17.6 Å². The Bertz CT molecular complexity index is 782. The second kappa shape index (κ2) is 8.91. The van der Waals surface area contributed by atoms with E-state index in [1.54, 1.807) is 31.3 Å². The summed E-state index contributed by atoms with van der Waals surface area (Å²) in [5, 5.41) is 4.70. The number of anilines is 1. The Labute approximate surface area is 149 Å². The number of carbonyl (C=O) groups is 2. The van der Waals surface area contributed by atoms with Crippen LogP contribution in [-0.4, -0.2) is 37.5 Å². The molecule has 8 heteroatoms. The number of halogens is 2. The molecule has 138 valence electrons. The Kier molecular flexibility index (Phi) is 6.62. The Morgan fingerprint density at radius 3 is 2.42 bits per heavy atom. The molecule has 2 aromatic carbocycles. The largest absolute Gasteiger partial charge is 0.497 e. The number of nitrogens with one attached hydrogen (secondary N) is 2. The molecule has 0 spiro atoms. The van der Waals surface area contributed by atoms with E-state index in [2.05, 4.69) is 10.6 Å². The zero-order chi connectivity index (χ0) is 19.1. The number of hydrogen-bond acceptors (Lipinski definition) is 4. The summed E-state index contributed by atoms with van der Waals surface area (Å²) in [5.74, 6) is -1.26. The van der Waals surface area contributed by atoms with Gasteiger partial charge in [-0.1, -0.05) is 6.07 Å². The summed E-state index contributed by atoms with van der Waals surface area (Å²) in [7, 11) is 3.12. The third-order valence-electron chi connectivity index (χ3n) is 3.47. The van der Waals surface area contributed by atoms with Crippen LogP contribution in [0, 0.1) is 11.6 Å². The molecule has 0 saturated carbocycles. The molecular formula is C18H19F2N3O3. The minimum absolute atomic E-state index is 0.0969. The maximum Gasteiger partial charge on any atom is 0.325 e. The number of imide groups is 1. The van der Waals surface area contributed by atoms with Crippen LogP contribution in [0.1, 0.15) is 5.56 Å². The number of rotatable bonds is 6. The number of carbonyl (C=O) groups excluding carboxylic acids is 2. The van der Waals surface area contributed by atoms with Gasteiger partial charge in [0.1, 0.15) is 17.4 Å². The first-order chi connectivity index (χ1) is 12.4. The summed E-state index contributed by atoms with van der Waals surface area (Å²) in [6, 6.07) is 9.17. The molecule has 2 aromatic rings. The molecule has 0 aromatic heterocycles. The number of ether oxygens (including phenoxy) is 1. The third kappa shape index (κ3) is 5.82. The van der Waals surface area contributed by atoms with E-state index in [4.69, 9.17) is 4.74 Å². The second-order valence-electron chi connectivity index (χ2n) is 5.64. The number of amides is 3. The van der Waals surface area contributed by atoms with Crippen LogP contribution in [0.5, 0.6) is 5.75 Å². The molecule has 6 nitrogen and oxygen atoms in total. The molecule has 0 radical (unpaired) electrons. The van der Waals surface area contributed by atoms with E-state index in [1.165, 1.54) is 18.1 Å². The summed E-state index contributed by atoms with van der Waals surface area (Å²) in [6.45, 7) is -0.0352. The average molecular weight is 363 g/mol. The van der Waals surface area contributed by atoms with Gasteiger partial charge in [0, 0.05) is 23.9 Å². The van der Waals surface area contributed by atoms with E-state index < -0.39 is 23.6 Å². The fourth-order valence-electron chi connectivity index (χ4n) is 2.24. The lowest BCUT2D eigenvalue weighted by atomic mass is 10.2. The molecule has 2 N–H and O–H groups in total. The fourth-order valence-corrected chi connectivity index (χ4v) is 2.24. The summed E-state index contributed by atoms with van der Waals surface area (Å²) >= 11 is 0. The van der Waals surface area contributed by atoms with Gasteiger partial charge in [-0.15, -0.1) is 0 Å². The first-order valence-electron chi connectivity index (χ1n) is 7.74. The van der Waals surface area contributed by atoms with E-state index in [1.807, 2.05) is 0 Å². The number of benzene rings is 2. The van der Waals surface area contributed by atoms with Crippen LogP contribution in [0.3, 0.4) is 0 Å². The molecule has 26 heavy (non-hydrogen) atoms. The van der Waals surface area contributed by atoms with Gasteiger partial charge in [0.15, 0.2) is 0 Å². The number of hydrogen-bond donors (Lipinski definition) is 2. The highest BCUT2D eigenvalue weighted by molar-refractivity contribution is 6.01. The van der Waals surface area contributed by atoms with Crippen LogP contribution in [0.15, 0.2) is 42.5 Å².